The molecule has 1 aliphatic carbocycles. The van der Waals surface area contributed by atoms with Crippen LogP contribution in [0.2, 0.25) is 0 Å². The number of hydrogen-bond acceptors (Lipinski definition) is 4. The molecule has 0 aliphatic heterocycles. The third-order valence-corrected chi connectivity index (χ3v) is 3.88. The Morgan fingerprint density at radius 2 is 1.58 bits per heavy atom. The highest BCUT2D eigenvalue weighted by Crippen LogP contribution is 2.54. The highest BCUT2D eigenvalue weighted by Gasteiger charge is 2.65. The van der Waals surface area contributed by atoms with Crippen molar-refractivity contribution in [3.8, 4) is 0 Å². The van der Waals surface area contributed by atoms with Crippen LogP contribution < -0.4 is 0 Å². The van der Waals surface area contributed by atoms with Crippen LogP contribution in [0.1, 0.15) is 19.8 Å². The minimum absolute atomic E-state index is 0.0255. The molecule has 2 unspecified atom stereocenters. The van der Waals surface area contributed by atoms with Crippen molar-refractivity contribution in [2.45, 2.75) is 19.8 Å². The molecule has 0 amide bonds. The molecule has 19 heavy (non-hydrogen) atoms. The Labute approximate surface area is 107 Å². The van der Waals surface area contributed by atoms with Gasteiger partial charge in [0.15, 0.2) is 0 Å². The molecule has 0 heterocycles. The van der Waals surface area contributed by atoms with Gasteiger partial charge in [0.2, 0.25) is 0 Å². The van der Waals surface area contributed by atoms with Gasteiger partial charge in [0.25, 0.3) is 0 Å². The van der Waals surface area contributed by atoms with Crippen LogP contribution in [0, 0.1) is 23.2 Å². The van der Waals surface area contributed by atoms with Gasteiger partial charge in [-0.2, -0.15) is 0 Å². The van der Waals surface area contributed by atoms with Gasteiger partial charge in [-0.05, 0) is 12.8 Å². The van der Waals surface area contributed by atoms with Gasteiger partial charge in [-0.1, -0.05) is 6.92 Å². The third kappa shape index (κ3) is 2.13. The number of hydrogen-bond donors (Lipinski definition) is 4. The van der Waals surface area contributed by atoms with E-state index in [0.717, 1.165) is 6.92 Å². The van der Waals surface area contributed by atoms with Crippen LogP contribution >= 0.6 is 0 Å². The fourth-order valence-electron chi connectivity index (χ4n) is 2.73. The van der Waals surface area contributed by atoms with Crippen molar-refractivity contribution in [3.63, 3.8) is 0 Å². The second-order valence-corrected chi connectivity index (χ2v) is 4.72. The first-order chi connectivity index (χ1) is 8.66. The fourth-order valence-corrected chi connectivity index (χ4v) is 2.73. The van der Waals surface area contributed by atoms with Gasteiger partial charge in [0.05, 0.1) is 23.2 Å². The lowest BCUT2D eigenvalue weighted by Crippen LogP contribution is -2.59. The van der Waals surface area contributed by atoms with Gasteiger partial charge in [-0.3, -0.25) is 19.2 Å². The quantitative estimate of drug-likeness (QED) is 0.527. The molecule has 1 rings (SSSR count). The second-order valence-electron chi connectivity index (χ2n) is 4.72. The zero-order chi connectivity index (χ0) is 15.0. The monoisotopic (exact) mass is 274 g/mol. The fraction of sp³-hybridized carbons (Fsp3) is 0.636. The summed E-state index contributed by atoms with van der Waals surface area (Å²) in [7, 11) is 0. The number of aliphatic carboxylic acids is 4. The van der Waals surface area contributed by atoms with E-state index in [-0.39, 0.29) is 12.8 Å². The summed E-state index contributed by atoms with van der Waals surface area (Å²) >= 11 is 0. The van der Waals surface area contributed by atoms with Crippen LogP contribution in [0.25, 0.3) is 0 Å². The van der Waals surface area contributed by atoms with E-state index in [1.54, 1.807) is 0 Å². The third-order valence-electron chi connectivity index (χ3n) is 3.88. The minimum Gasteiger partial charge on any atom is -0.481 e. The Balaban J connectivity index is 3.30. The summed E-state index contributed by atoms with van der Waals surface area (Å²) in [5, 5.41) is 36.2. The molecule has 0 radical (unpaired) electrons. The maximum atomic E-state index is 11.4. The Morgan fingerprint density at radius 1 is 1.05 bits per heavy atom. The van der Waals surface area contributed by atoms with E-state index in [9.17, 15) is 24.3 Å². The smallest absolute Gasteiger partial charge is 0.311 e. The molecule has 8 nitrogen and oxygen atoms in total. The molecule has 4 N–H and O–H groups in total. The summed E-state index contributed by atoms with van der Waals surface area (Å²) in [6.45, 7) is 1.07. The van der Waals surface area contributed by atoms with Crippen molar-refractivity contribution in [3.05, 3.63) is 0 Å². The van der Waals surface area contributed by atoms with Crippen LogP contribution in [0.15, 0.2) is 0 Å². The summed E-state index contributed by atoms with van der Waals surface area (Å²) in [5.74, 6) is -10.7. The second kappa shape index (κ2) is 4.87. The average Bonchev–Trinajstić information content (AvgIpc) is 2.20. The summed E-state index contributed by atoms with van der Waals surface area (Å²) in [5.41, 5.74) is -2.06. The summed E-state index contributed by atoms with van der Waals surface area (Å²) in [6, 6.07) is 0. The molecule has 0 spiro atoms. The van der Waals surface area contributed by atoms with E-state index in [4.69, 9.17) is 15.3 Å². The predicted octanol–water partition coefficient (Wildman–Crippen LogP) is -0.0265. The maximum absolute atomic E-state index is 11.4. The van der Waals surface area contributed by atoms with Crippen LogP contribution in [-0.4, -0.2) is 44.3 Å². The molecule has 1 saturated carbocycles. The van der Waals surface area contributed by atoms with E-state index in [0.29, 0.717) is 0 Å². The molecule has 0 bridgehead atoms. The van der Waals surface area contributed by atoms with Crippen LogP contribution in [0.4, 0.5) is 0 Å². The highest BCUT2D eigenvalue weighted by atomic mass is 16.4. The molecule has 1 aliphatic rings. The SMILES string of the molecule is CC(C(=O)O)C(C(=O)O)[C@@]1(C(=O)O)CC[C@H]1C(=O)O. The van der Waals surface area contributed by atoms with Crippen molar-refractivity contribution in [2.75, 3.05) is 0 Å². The lowest BCUT2D eigenvalue weighted by Gasteiger charge is -2.48. The molecular formula is C11H14O8. The first-order valence-corrected chi connectivity index (χ1v) is 5.58. The standard InChI is InChI=1S/C11H14O8/c1-4(7(12)13)6(9(16)17)11(10(18)19)3-2-5(11)8(14)15/h4-6H,2-3H2,1H3,(H,12,13)(H,14,15)(H,16,17)(H,18,19)/t4?,5-,6?,11+/m0/s1. The topological polar surface area (TPSA) is 149 Å². The van der Waals surface area contributed by atoms with E-state index < -0.39 is 47.0 Å². The van der Waals surface area contributed by atoms with Gasteiger partial charge in [0, 0.05) is 0 Å². The largest absolute Gasteiger partial charge is 0.481 e. The lowest BCUT2D eigenvalue weighted by molar-refractivity contribution is -0.192. The van der Waals surface area contributed by atoms with Gasteiger partial charge in [-0.25, -0.2) is 0 Å². The van der Waals surface area contributed by atoms with Crippen molar-refractivity contribution >= 4 is 23.9 Å². The summed E-state index contributed by atoms with van der Waals surface area (Å²) in [6.07, 6.45) is -0.133. The normalized spacial score (nSPS) is 28.8. The predicted molar refractivity (Wildman–Crippen MR) is 58.4 cm³/mol. The van der Waals surface area contributed by atoms with Crippen LogP contribution in [0.3, 0.4) is 0 Å². The molecule has 4 atom stereocenters. The summed E-state index contributed by atoms with van der Waals surface area (Å²) < 4.78 is 0. The Morgan fingerprint density at radius 3 is 1.79 bits per heavy atom. The van der Waals surface area contributed by atoms with Crippen LogP contribution in [-0.2, 0) is 19.2 Å². The molecule has 1 fully saturated rings. The zero-order valence-electron chi connectivity index (χ0n) is 10.1. The van der Waals surface area contributed by atoms with Crippen molar-refractivity contribution in [2.24, 2.45) is 23.2 Å². The van der Waals surface area contributed by atoms with Crippen molar-refractivity contribution in [1.82, 2.24) is 0 Å². The average molecular weight is 274 g/mol. The highest BCUT2D eigenvalue weighted by molar-refractivity contribution is 5.92. The Hall–Kier alpha value is -2.12. The molecule has 0 aromatic heterocycles. The minimum atomic E-state index is -2.06. The van der Waals surface area contributed by atoms with Crippen molar-refractivity contribution in [1.29, 1.82) is 0 Å². The van der Waals surface area contributed by atoms with Gasteiger partial charge in [0.1, 0.15) is 0 Å². The van der Waals surface area contributed by atoms with Gasteiger partial charge >= 0.3 is 23.9 Å². The zero-order valence-corrected chi connectivity index (χ0v) is 10.1. The Kier molecular flexibility index (Phi) is 3.83. The van der Waals surface area contributed by atoms with E-state index in [2.05, 4.69) is 0 Å². The van der Waals surface area contributed by atoms with Gasteiger partial charge in [-0.15, -0.1) is 0 Å². The van der Waals surface area contributed by atoms with E-state index in [1.807, 2.05) is 0 Å². The van der Waals surface area contributed by atoms with Crippen LogP contribution in [0.5, 0.6) is 0 Å². The first-order valence-electron chi connectivity index (χ1n) is 5.58. The lowest BCUT2D eigenvalue weighted by atomic mass is 9.51. The maximum Gasteiger partial charge on any atom is 0.311 e. The van der Waals surface area contributed by atoms with Crippen molar-refractivity contribution < 1.29 is 39.6 Å². The molecule has 0 saturated heterocycles. The number of carboxylic acids is 4. The molecule has 0 aromatic rings. The number of carboxylic acid groups (broad SMARTS) is 4. The molecule has 0 aromatic carbocycles. The van der Waals surface area contributed by atoms with E-state index in [1.165, 1.54) is 0 Å². The first kappa shape index (κ1) is 14.9. The molecular weight excluding hydrogens is 260 g/mol. The number of rotatable bonds is 6. The Bertz CT molecular complexity index is 442. The molecule has 106 valence electrons. The number of carbonyl (C=O) groups is 4. The van der Waals surface area contributed by atoms with Gasteiger partial charge < -0.3 is 20.4 Å². The van der Waals surface area contributed by atoms with E-state index >= 15 is 0 Å². The summed E-state index contributed by atoms with van der Waals surface area (Å²) in [4.78, 5) is 44.6. The molecule has 8 heteroatoms.